The van der Waals surface area contributed by atoms with Gasteiger partial charge in [0, 0.05) is 5.69 Å². The molecule has 0 amide bonds. The molecule has 0 atom stereocenters. The highest BCUT2D eigenvalue weighted by Gasteiger charge is 2.47. The van der Waals surface area contributed by atoms with Crippen molar-refractivity contribution in [1.29, 1.82) is 0 Å². The summed E-state index contributed by atoms with van der Waals surface area (Å²) in [5.74, 6) is 1.20. The molecule has 0 unspecified atom stereocenters. The van der Waals surface area contributed by atoms with Crippen LogP contribution in [0.3, 0.4) is 0 Å². The van der Waals surface area contributed by atoms with Gasteiger partial charge < -0.3 is 4.72 Å². The fourth-order valence-corrected chi connectivity index (χ4v) is 4.48. The van der Waals surface area contributed by atoms with Gasteiger partial charge in [-0.25, -0.2) is 0 Å². The Balaban J connectivity index is 1.80. The molecule has 25 heavy (non-hydrogen) atoms. The highest BCUT2D eigenvalue weighted by Crippen LogP contribution is 2.43. The van der Waals surface area contributed by atoms with Crippen molar-refractivity contribution in [2.24, 2.45) is 11.8 Å². The van der Waals surface area contributed by atoms with Gasteiger partial charge in [-0.2, -0.15) is 0 Å². The summed E-state index contributed by atoms with van der Waals surface area (Å²) in [5.41, 5.74) is 7.48. The molecule has 0 aromatic heterocycles. The Morgan fingerprint density at radius 2 is 1.24 bits per heavy atom. The Morgan fingerprint density at radius 1 is 0.760 bits per heavy atom. The molecule has 1 fully saturated rings. The standard InChI is InChI=1S/C22H27B2N/c1-16(2)18-10-12-23-21(14-18)22-15-19(17(3)4)11-13-24(22)25(23)20-8-6-5-7-9-20/h5-11,14-17H,12-13H2,1-4H3. The van der Waals surface area contributed by atoms with Crippen LogP contribution in [0, 0.1) is 11.8 Å². The number of para-hydroxylation sites is 1. The molecule has 126 valence electrons. The molecule has 0 bridgehead atoms. The smallest absolute Gasteiger partial charge is 0.279 e. The lowest BCUT2D eigenvalue weighted by molar-refractivity contribution is 0.785. The van der Waals surface area contributed by atoms with Crippen molar-refractivity contribution in [3.63, 3.8) is 0 Å². The zero-order valence-electron chi connectivity index (χ0n) is 15.9. The predicted octanol–water partition coefficient (Wildman–Crippen LogP) is 5.61. The van der Waals surface area contributed by atoms with Crippen LogP contribution in [0.1, 0.15) is 27.7 Å². The normalized spacial score (nSPS) is 19.5. The van der Waals surface area contributed by atoms with Gasteiger partial charge in [0.15, 0.2) is 0 Å². The molecular weight excluding hydrogens is 300 g/mol. The Hall–Kier alpha value is -1.89. The predicted molar refractivity (Wildman–Crippen MR) is 112 cm³/mol. The summed E-state index contributed by atoms with van der Waals surface area (Å²) in [7, 11) is 0. The second kappa shape index (κ2) is 6.44. The summed E-state index contributed by atoms with van der Waals surface area (Å²) >= 11 is 0. The van der Waals surface area contributed by atoms with E-state index in [1.165, 1.54) is 16.8 Å². The van der Waals surface area contributed by atoms with Gasteiger partial charge in [-0.05, 0) is 36.6 Å². The van der Waals surface area contributed by atoms with E-state index >= 15 is 0 Å². The van der Waals surface area contributed by atoms with Crippen LogP contribution < -0.4 is 4.72 Å². The van der Waals surface area contributed by atoms with Gasteiger partial charge in [-0.1, -0.05) is 92.3 Å². The lowest BCUT2D eigenvalue weighted by atomic mass is 9.49. The molecule has 1 saturated heterocycles. The number of fused-ring (bicyclic) bond motifs is 3. The number of allylic oxidation sites excluding steroid dienone is 8. The van der Waals surface area contributed by atoms with Crippen molar-refractivity contribution >= 4 is 19.4 Å². The molecule has 3 heteroatoms. The molecular formula is C22H27B2N. The van der Waals surface area contributed by atoms with Crippen LogP contribution >= 0.6 is 0 Å². The van der Waals surface area contributed by atoms with Gasteiger partial charge in [0.2, 0.25) is 0 Å². The van der Waals surface area contributed by atoms with E-state index < -0.39 is 0 Å². The molecule has 0 radical (unpaired) electrons. The summed E-state index contributed by atoms with van der Waals surface area (Å²) < 4.78 is 2.67. The van der Waals surface area contributed by atoms with Crippen molar-refractivity contribution in [2.45, 2.75) is 40.3 Å². The minimum absolute atomic E-state index is 0.487. The zero-order valence-corrected chi connectivity index (χ0v) is 15.9. The third kappa shape index (κ3) is 2.84. The molecule has 1 nitrogen and oxygen atoms in total. The average Bonchev–Trinajstić information content (AvgIpc) is 2.95. The van der Waals surface area contributed by atoms with Gasteiger partial charge in [-0.15, -0.1) is 0 Å². The molecule has 0 saturated carbocycles. The van der Waals surface area contributed by atoms with Crippen LogP contribution in [0.25, 0.3) is 0 Å². The van der Waals surface area contributed by atoms with Crippen LogP contribution in [0.2, 0.25) is 12.6 Å². The maximum absolute atomic E-state index is 2.67. The molecule has 0 aliphatic carbocycles. The van der Waals surface area contributed by atoms with E-state index in [2.05, 4.69) is 87.1 Å². The summed E-state index contributed by atoms with van der Waals surface area (Å²) in [6, 6.07) is 11.0. The van der Waals surface area contributed by atoms with Crippen LogP contribution in [0.5, 0.6) is 0 Å². The maximum atomic E-state index is 2.67. The minimum Gasteiger partial charge on any atom is -0.453 e. The Kier molecular flexibility index (Phi) is 4.27. The van der Waals surface area contributed by atoms with E-state index in [1.54, 1.807) is 10.9 Å². The van der Waals surface area contributed by atoms with E-state index in [0.717, 1.165) is 12.6 Å². The van der Waals surface area contributed by atoms with Gasteiger partial charge in [0.1, 0.15) is 0 Å². The first-order valence-corrected chi connectivity index (χ1v) is 9.73. The molecule has 0 N–H and O–H groups in total. The molecule has 0 spiro atoms. The lowest BCUT2D eigenvalue weighted by Crippen LogP contribution is -2.43. The van der Waals surface area contributed by atoms with E-state index in [4.69, 9.17) is 0 Å². The van der Waals surface area contributed by atoms with Gasteiger partial charge in [0.25, 0.3) is 13.7 Å². The third-order valence-corrected chi connectivity index (χ3v) is 5.91. The molecule has 3 heterocycles. The molecule has 1 aromatic rings. The van der Waals surface area contributed by atoms with E-state index in [0.29, 0.717) is 25.5 Å². The molecule has 3 aliphatic heterocycles. The van der Waals surface area contributed by atoms with Crippen molar-refractivity contribution < 1.29 is 0 Å². The lowest BCUT2D eigenvalue weighted by Gasteiger charge is -2.31. The van der Waals surface area contributed by atoms with Crippen LogP contribution in [0.4, 0.5) is 5.69 Å². The quantitative estimate of drug-likeness (QED) is 0.652. The van der Waals surface area contributed by atoms with Crippen molar-refractivity contribution in [1.82, 2.24) is 0 Å². The highest BCUT2D eigenvalue weighted by molar-refractivity contribution is 6.98. The first-order chi connectivity index (χ1) is 12.1. The van der Waals surface area contributed by atoms with Crippen molar-refractivity contribution in [3.05, 3.63) is 76.7 Å². The van der Waals surface area contributed by atoms with Crippen molar-refractivity contribution in [3.8, 4) is 0 Å². The number of hydrogen-bond acceptors (Lipinski definition) is 1. The van der Waals surface area contributed by atoms with Gasteiger partial charge in [0.05, 0.1) is 0 Å². The van der Waals surface area contributed by atoms with E-state index in [9.17, 15) is 0 Å². The Labute approximate surface area is 153 Å². The SMILES string of the molecule is CC(C)C1=CCB2C(=C1)C1=CC(C(C)C)=CCB1N2c1ccccc1. The second-order valence-electron chi connectivity index (χ2n) is 8.16. The van der Waals surface area contributed by atoms with Crippen molar-refractivity contribution in [2.75, 3.05) is 4.72 Å². The van der Waals surface area contributed by atoms with Gasteiger partial charge in [-0.3, -0.25) is 0 Å². The first kappa shape index (κ1) is 16.6. The minimum atomic E-state index is 0.487. The molecule has 4 rings (SSSR count). The van der Waals surface area contributed by atoms with Crippen LogP contribution in [-0.2, 0) is 0 Å². The number of benzene rings is 1. The van der Waals surface area contributed by atoms with E-state index in [-0.39, 0.29) is 0 Å². The summed E-state index contributed by atoms with van der Waals surface area (Å²) in [5, 5.41) is 0. The van der Waals surface area contributed by atoms with E-state index in [1.807, 2.05) is 0 Å². The van der Waals surface area contributed by atoms with Crippen LogP contribution in [0.15, 0.2) is 76.7 Å². The zero-order chi connectivity index (χ0) is 17.6. The number of hydrogen-bond donors (Lipinski definition) is 0. The maximum Gasteiger partial charge on any atom is 0.279 e. The Morgan fingerprint density at radius 3 is 1.68 bits per heavy atom. The number of rotatable bonds is 3. The topological polar surface area (TPSA) is 3.24 Å². The van der Waals surface area contributed by atoms with Crippen LogP contribution in [-0.4, -0.2) is 13.7 Å². The third-order valence-electron chi connectivity index (χ3n) is 5.91. The summed E-state index contributed by atoms with van der Waals surface area (Å²) in [6.07, 6.45) is 12.2. The molecule has 3 aliphatic rings. The van der Waals surface area contributed by atoms with Gasteiger partial charge >= 0.3 is 0 Å². The summed E-state index contributed by atoms with van der Waals surface area (Å²) in [6.45, 7) is 10.2. The average molecular weight is 327 g/mol. The summed E-state index contributed by atoms with van der Waals surface area (Å²) in [4.78, 5) is 0. The first-order valence-electron chi connectivity index (χ1n) is 9.73. The number of anilines is 1. The largest absolute Gasteiger partial charge is 0.453 e. The fourth-order valence-electron chi connectivity index (χ4n) is 4.48. The fraction of sp³-hybridized carbons (Fsp3) is 0.364. The molecule has 1 aromatic carbocycles. The Bertz CT molecular complexity index is 736. The number of nitrogens with zero attached hydrogens (tertiary/aromatic N) is 1. The highest BCUT2D eigenvalue weighted by atomic mass is 15.0. The second-order valence-corrected chi connectivity index (χ2v) is 8.16. The monoisotopic (exact) mass is 327 g/mol.